The van der Waals surface area contributed by atoms with E-state index in [4.69, 9.17) is 4.42 Å². The zero-order valence-corrected chi connectivity index (χ0v) is 12.1. The van der Waals surface area contributed by atoms with Crippen LogP contribution < -0.4 is 10.6 Å². The second-order valence-corrected chi connectivity index (χ2v) is 4.67. The smallest absolute Gasteiger partial charge is 0.287 e. The minimum Gasteiger partial charge on any atom is -0.459 e. The van der Waals surface area contributed by atoms with Crippen LogP contribution in [0.4, 0.5) is 5.69 Å². The maximum Gasteiger partial charge on any atom is 0.287 e. The molecular weight excluding hydrogens is 268 g/mol. The van der Waals surface area contributed by atoms with Crippen molar-refractivity contribution in [3.8, 4) is 0 Å². The first-order valence-corrected chi connectivity index (χ1v) is 6.85. The van der Waals surface area contributed by atoms with Gasteiger partial charge in [-0.25, -0.2) is 0 Å². The van der Waals surface area contributed by atoms with E-state index in [9.17, 15) is 9.59 Å². The number of para-hydroxylation sites is 1. The van der Waals surface area contributed by atoms with Gasteiger partial charge in [-0.15, -0.1) is 0 Å². The van der Waals surface area contributed by atoms with Crippen molar-refractivity contribution in [3.63, 3.8) is 0 Å². The fraction of sp³-hybridized carbons (Fsp3) is 0.250. The maximum absolute atomic E-state index is 12.1. The lowest BCUT2D eigenvalue weighted by Crippen LogP contribution is -2.41. The Labute approximate surface area is 123 Å². The van der Waals surface area contributed by atoms with Gasteiger partial charge in [0.1, 0.15) is 6.04 Å². The molecule has 0 aliphatic heterocycles. The Balaban J connectivity index is 1.98. The Morgan fingerprint density at radius 2 is 1.95 bits per heavy atom. The highest BCUT2D eigenvalue weighted by Gasteiger charge is 2.18. The van der Waals surface area contributed by atoms with Gasteiger partial charge in [0, 0.05) is 5.69 Å². The normalized spacial score (nSPS) is 11.7. The Bertz CT molecular complexity index is 620. The largest absolute Gasteiger partial charge is 0.459 e. The number of carbonyl (C=O) groups is 2. The van der Waals surface area contributed by atoms with Gasteiger partial charge in [0.2, 0.25) is 5.91 Å². The molecule has 2 rings (SSSR count). The molecular formula is C16H18N2O3. The van der Waals surface area contributed by atoms with E-state index in [-0.39, 0.29) is 11.7 Å². The van der Waals surface area contributed by atoms with Crippen molar-refractivity contribution in [2.45, 2.75) is 26.3 Å². The van der Waals surface area contributed by atoms with Crippen LogP contribution in [0.15, 0.2) is 47.1 Å². The van der Waals surface area contributed by atoms with E-state index < -0.39 is 11.9 Å². The van der Waals surface area contributed by atoms with Crippen LogP contribution in [0.2, 0.25) is 0 Å². The molecule has 2 N–H and O–H groups in total. The summed E-state index contributed by atoms with van der Waals surface area (Å²) < 4.78 is 4.99. The molecule has 2 amide bonds. The number of amides is 2. The number of nitrogens with one attached hydrogen (secondary N) is 2. The van der Waals surface area contributed by atoms with Gasteiger partial charge < -0.3 is 15.1 Å². The molecule has 2 aromatic rings. The van der Waals surface area contributed by atoms with Gasteiger partial charge in [-0.05, 0) is 37.1 Å². The molecule has 1 aromatic heterocycles. The molecule has 5 nitrogen and oxygen atoms in total. The minimum absolute atomic E-state index is 0.184. The fourth-order valence-corrected chi connectivity index (χ4v) is 1.93. The molecule has 0 saturated heterocycles. The molecule has 1 unspecified atom stereocenters. The van der Waals surface area contributed by atoms with E-state index >= 15 is 0 Å². The van der Waals surface area contributed by atoms with Crippen LogP contribution in [-0.2, 0) is 11.2 Å². The number of benzene rings is 1. The van der Waals surface area contributed by atoms with E-state index in [1.165, 1.54) is 6.26 Å². The Morgan fingerprint density at radius 3 is 2.62 bits per heavy atom. The number of furan rings is 1. The van der Waals surface area contributed by atoms with Gasteiger partial charge in [0.05, 0.1) is 6.26 Å². The van der Waals surface area contributed by atoms with Crippen LogP contribution in [0.5, 0.6) is 0 Å². The lowest BCUT2D eigenvalue weighted by molar-refractivity contribution is -0.117. The third-order valence-electron chi connectivity index (χ3n) is 3.14. The highest BCUT2D eigenvalue weighted by atomic mass is 16.3. The summed E-state index contributed by atoms with van der Waals surface area (Å²) in [4.78, 5) is 23.9. The standard InChI is InChI=1S/C16H18N2O3/c1-3-12-7-4-5-8-13(12)18-15(19)11(2)17-16(20)14-9-6-10-21-14/h4-11H,3H2,1-2H3,(H,17,20)(H,18,19). The van der Waals surface area contributed by atoms with Crippen molar-refractivity contribution in [2.24, 2.45) is 0 Å². The molecule has 5 heteroatoms. The van der Waals surface area contributed by atoms with Crippen molar-refractivity contribution < 1.29 is 14.0 Å². The van der Waals surface area contributed by atoms with E-state index in [1.54, 1.807) is 19.1 Å². The van der Waals surface area contributed by atoms with Gasteiger partial charge >= 0.3 is 0 Å². The van der Waals surface area contributed by atoms with E-state index in [0.717, 1.165) is 17.7 Å². The maximum atomic E-state index is 12.1. The highest BCUT2D eigenvalue weighted by molar-refractivity contribution is 6.00. The predicted octanol–water partition coefficient (Wildman–Crippen LogP) is 2.60. The topological polar surface area (TPSA) is 71.3 Å². The molecule has 0 spiro atoms. The third-order valence-corrected chi connectivity index (χ3v) is 3.14. The molecule has 110 valence electrons. The molecule has 0 aliphatic carbocycles. The fourth-order valence-electron chi connectivity index (χ4n) is 1.93. The Hall–Kier alpha value is -2.56. The number of carbonyl (C=O) groups excluding carboxylic acids is 2. The minimum atomic E-state index is -0.660. The van der Waals surface area contributed by atoms with Gasteiger partial charge in [-0.1, -0.05) is 25.1 Å². The first-order valence-electron chi connectivity index (χ1n) is 6.85. The molecule has 0 saturated carbocycles. The van der Waals surface area contributed by atoms with Crippen LogP contribution in [-0.4, -0.2) is 17.9 Å². The zero-order valence-electron chi connectivity index (χ0n) is 12.1. The summed E-state index contributed by atoms with van der Waals surface area (Å²) in [5, 5.41) is 5.42. The SMILES string of the molecule is CCc1ccccc1NC(=O)C(C)NC(=O)c1ccco1. The summed E-state index contributed by atoms with van der Waals surface area (Å²) in [6, 6.07) is 10.1. The summed E-state index contributed by atoms with van der Waals surface area (Å²) >= 11 is 0. The summed E-state index contributed by atoms with van der Waals surface area (Å²) in [5.41, 5.74) is 1.82. The lowest BCUT2D eigenvalue weighted by Gasteiger charge is -2.15. The summed E-state index contributed by atoms with van der Waals surface area (Å²) in [7, 11) is 0. The van der Waals surface area contributed by atoms with Crippen LogP contribution in [0.25, 0.3) is 0 Å². The Kier molecular flexibility index (Phi) is 4.77. The average Bonchev–Trinajstić information content (AvgIpc) is 3.02. The average molecular weight is 286 g/mol. The lowest BCUT2D eigenvalue weighted by atomic mass is 10.1. The van der Waals surface area contributed by atoms with E-state index in [1.807, 2.05) is 31.2 Å². The monoisotopic (exact) mass is 286 g/mol. The van der Waals surface area contributed by atoms with Crippen LogP contribution in [0, 0.1) is 0 Å². The molecule has 0 aliphatic rings. The van der Waals surface area contributed by atoms with E-state index in [2.05, 4.69) is 10.6 Å². The number of hydrogen-bond donors (Lipinski definition) is 2. The highest BCUT2D eigenvalue weighted by Crippen LogP contribution is 2.15. The van der Waals surface area contributed by atoms with E-state index in [0.29, 0.717) is 0 Å². The van der Waals surface area contributed by atoms with Gasteiger partial charge in [-0.3, -0.25) is 9.59 Å². The molecule has 1 aromatic carbocycles. The van der Waals surface area contributed by atoms with Gasteiger partial charge in [0.25, 0.3) is 5.91 Å². The second kappa shape index (κ2) is 6.74. The van der Waals surface area contributed by atoms with Crippen molar-refractivity contribution in [1.82, 2.24) is 5.32 Å². The number of anilines is 1. The first kappa shape index (κ1) is 14.8. The predicted molar refractivity (Wildman–Crippen MR) is 80.1 cm³/mol. The summed E-state index contributed by atoms with van der Waals surface area (Å²) in [5.74, 6) is -0.495. The zero-order chi connectivity index (χ0) is 15.2. The molecule has 1 atom stereocenters. The van der Waals surface area contributed by atoms with Gasteiger partial charge in [-0.2, -0.15) is 0 Å². The summed E-state index contributed by atoms with van der Waals surface area (Å²) in [6.45, 7) is 3.65. The van der Waals surface area contributed by atoms with Crippen molar-refractivity contribution in [3.05, 3.63) is 54.0 Å². The number of rotatable bonds is 5. The summed E-state index contributed by atoms with van der Waals surface area (Å²) in [6.07, 6.45) is 2.24. The molecule has 0 radical (unpaired) electrons. The van der Waals surface area contributed by atoms with Crippen molar-refractivity contribution in [1.29, 1.82) is 0 Å². The number of hydrogen-bond acceptors (Lipinski definition) is 3. The second-order valence-electron chi connectivity index (χ2n) is 4.67. The van der Waals surface area contributed by atoms with Crippen LogP contribution in [0.3, 0.4) is 0 Å². The van der Waals surface area contributed by atoms with Crippen molar-refractivity contribution >= 4 is 17.5 Å². The molecule has 0 bridgehead atoms. The van der Waals surface area contributed by atoms with Crippen LogP contribution in [0.1, 0.15) is 30.0 Å². The molecule has 0 fully saturated rings. The van der Waals surface area contributed by atoms with Crippen molar-refractivity contribution in [2.75, 3.05) is 5.32 Å². The molecule has 21 heavy (non-hydrogen) atoms. The van der Waals surface area contributed by atoms with Gasteiger partial charge in [0.15, 0.2) is 5.76 Å². The van der Waals surface area contributed by atoms with Crippen LogP contribution >= 0.6 is 0 Å². The third kappa shape index (κ3) is 3.72. The molecule has 1 heterocycles. The Morgan fingerprint density at radius 1 is 1.19 bits per heavy atom. The first-order chi connectivity index (χ1) is 10.1. The number of aryl methyl sites for hydroxylation is 1. The quantitative estimate of drug-likeness (QED) is 0.887.